The van der Waals surface area contributed by atoms with E-state index < -0.39 is 0 Å². The van der Waals surface area contributed by atoms with E-state index in [1.165, 1.54) is 32.1 Å². The molecule has 1 amide bonds. The zero-order valence-electron chi connectivity index (χ0n) is 11.2. The van der Waals surface area contributed by atoms with Crippen LogP contribution in [0.5, 0.6) is 0 Å². The van der Waals surface area contributed by atoms with Crippen molar-refractivity contribution in [1.29, 1.82) is 0 Å². The summed E-state index contributed by atoms with van der Waals surface area (Å²) in [7, 11) is 0. The van der Waals surface area contributed by atoms with Crippen molar-refractivity contribution in [3.05, 3.63) is 0 Å². The van der Waals surface area contributed by atoms with Gasteiger partial charge in [-0.1, -0.05) is 33.1 Å². The summed E-state index contributed by atoms with van der Waals surface area (Å²) in [6.07, 6.45) is 8.09. The fourth-order valence-corrected chi connectivity index (χ4v) is 3.11. The molecule has 2 atom stereocenters. The van der Waals surface area contributed by atoms with Crippen LogP contribution in [0.1, 0.15) is 58.8 Å². The van der Waals surface area contributed by atoms with E-state index in [2.05, 4.69) is 19.2 Å². The largest absolute Gasteiger partial charge is 0.353 e. The highest BCUT2D eigenvalue weighted by Gasteiger charge is 2.46. The lowest BCUT2D eigenvalue weighted by Gasteiger charge is -2.50. The quantitative estimate of drug-likeness (QED) is 0.792. The van der Waals surface area contributed by atoms with E-state index in [1.807, 2.05) is 0 Å². The first-order valence-corrected chi connectivity index (χ1v) is 7.05. The van der Waals surface area contributed by atoms with Crippen LogP contribution in [0.4, 0.5) is 0 Å². The molecule has 0 saturated heterocycles. The first-order chi connectivity index (χ1) is 8.00. The Labute approximate surface area is 105 Å². The minimum atomic E-state index is 0.0717. The number of nitrogens with two attached hydrogens (primary N) is 1. The van der Waals surface area contributed by atoms with E-state index >= 15 is 0 Å². The van der Waals surface area contributed by atoms with Gasteiger partial charge in [0.05, 0.1) is 0 Å². The molecule has 2 aliphatic carbocycles. The van der Waals surface area contributed by atoms with Crippen molar-refractivity contribution in [1.82, 2.24) is 5.32 Å². The summed E-state index contributed by atoms with van der Waals surface area (Å²) in [6, 6.07) is 0.524. The summed E-state index contributed by atoms with van der Waals surface area (Å²) in [6.45, 7) is 4.29. The molecule has 2 aliphatic rings. The summed E-state index contributed by atoms with van der Waals surface area (Å²) < 4.78 is 0. The minimum Gasteiger partial charge on any atom is -0.353 e. The highest BCUT2D eigenvalue weighted by Crippen LogP contribution is 2.39. The van der Waals surface area contributed by atoms with E-state index in [-0.39, 0.29) is 23.4 Å². The average molecular weight is 238 g/mol. The summed E-state index contributed by atoms with van der Waals surface area (Å²) in [5.74, 6) is 0.863. The molecule has 3 N–H and O–H groups in total. The number of hydrogen-bond acceptors (Lipinski definition) is 2. The maximum Gasteiger partial charge on any atom is 0.220 e. The lowest BCUT2D eigenvalue weighted by Crippen LogP contribution is -2.64. The van der Waals surface area contributed by atoms with Crippen LogP contribution in [-0.4, -0.2) is 18.0 Å². The predicted octanol–water partition coefficient (Wildman–Crippen LogP) is 2.20. The van der Waals surface area contributed by atoms with Gasteiger partial charge in [0.2, 0.25) is 5.91 Å². The zero-order valence-corrected chi connectivity index (χ0v) is 11.2. The maximum atomic E-state index is 12.0. The van der Waals surface area contributed by atoms with Gasteiger partial charge in [0.15, 0.2) is 0 Å². The van der Waals surface area contributed by atoms with E-state index in [1.54, 1.807) is 0 Å². The first-order valence-electron chi connectivity index (χ1n) is 7.05. The Bertz CT molecular complexity index is 282. The van der Waals surface area contributed by atoms with Gasteiger partial charge in [-0.2, -0.15) is 0 Å². The Kier molecular flexibility index (Phi) is 3.76. The molecule has 3 nitrogen and oxygen atoms in total. The molecule has 2 unspecified atom stereocenters. The fraction of sp³-hybridized carbons (Fsp3) is 0.929. The van der Waals surface area contributed by atoms with Gasteiger partial charge in [-0.15, -0.1) is 0 Å². The lowest BCUT2D eigenvalue weighted by molar-refractivity contribution is -0.125. The van der Waals surface area contributed by atoms with E-state index in [0.717, 1.165) is 12.8 Å². The highest BCUT2D eigenvalue weighted by atomic mass is 16.1. The van der Waals surface area contributed by atoms with E-state index in [0.29, 0.717) is 5.92 Å². The Morgan fingerprint density at radius 3 is 2.47 bits per heavy atom. The molecule has 0 aromatic rings. The molecule has 0 aromatic heterocycles. The average Bonchev–Trinajstić information content (AvgIpc) is 2.30. The van der Waals surface area contributed by atoms with Crippen molar-refractivity contribution in [2.24, 2.45) is 17.1 Å². The van der Waals surface area contributed by atoms with Crippen LogP contribution < -0.4 is 11.1 Å². The number of carbonyl (C=O) groups is 1. The number of carbonyl (C=O) groups excluding carboxylic acids is 1. The monoisotopic (exact) mass is 238 g/mol. The second-order valence-electron chi connectivity index (χ2n) is 6.49. The second kappa shape index (κ2) is 4.97. The van der Waals surface area contributed by atoms with Crippen LogP contribution in [0, 0.1) is 11.3 Å². The van der Waals surface area contributed by atoms with Crippen LogP contribution in [0.3, 0.4) is 0 Å². The van der Waals surface area contributed by atoms with Gasteiger partial charge in [-0.25, -0.2) is 0 Å². The molecular weight excluding hydrogens is 212 g/mol. The minimum absolute atomic E-state index is 0.0717. The van der Waals surface area contributed by atoms with Crippen molar-refractivity contribution in [2.75, 3.05) is 0 Å². The van der Waals surface area contributed by atoms with Gasteiger partial charge >= 0.3 is 0 Å². The Morgan fingerprint density at radius 2 is 1.94 bits per heavy atom. The first kappa shape index (κ1) is 12.9. The third-order valence-corrected chi connectivity index (χ3v) is 4.88. The molecular formula is C14H26N2O. The van der Waals surface area contributed by atoms with Gasteiger partial charge in [0.25, 0.3) is 0 Å². The van der Waals surface area contributed by atoms with Crippen LogP contribution in [0.2, 0.25) is 0 Å². The normalized spacial score (nSPS) is 32.9. The van der Waals surface area contributed by atoms with E-state index in [4.69, 9.17) is 5.73 Å². The van der Waals surface area contributed by atoms with Crippen molar-refractivity contribution < 1.29 is 4.79 Å². The number of rotatable bonds is 3. The van der Waals surface area contributed by atoms with Gasteiger partial charge in [0, 0.05) is 23.9 Å². The van der Waals surface area contributed by atoms with Gasteiger partial charge < -0.3 is 11.1 Å². The topological polar surface area (TPSA) is 55.1 Å². The Balaban J connectivity index is 1.74. The fourth-order valence-electron chi connectivity index (χ4n) is 3.11. The molecule has 2 saturated carbocycles. The van der Waals surface area contributed by atoms with Crippen LogP contribution in [-0.2, 0) is 4.79 Å². The number of nitrogens with one attached hydrogen (secondary N) is 1. The maximum absolute atomic E-state index is 12.0. The Morgan fingerprint density at radius 1 is 1.29 bits per heavy atom. The zero-order chi connectivity index (χ0) is 12.5. The molecule has 0 spiro atoms. The smallest absolute Gasteiger partial charge is 0.220 e. The summed E-state index contributed by atoms with van der Waals surface area (Å²) >= 11 is 0. The molecule has 0 bridgehead atoms. The summed E-state index contributed by atoms with van der Waals surface area (Å²) in [4.78, 5) is 12.0. The SMILES string of the molecule is CC1(C)C(N)CC1NC(=O)CC1CCCCC1. The van der Waals surface area contributed by atoms with Crippen molar-refractivity contribution in [3.8, 4) is 0 Å². The molecule has 0 aliphatic heterocycles. The standard InChI is InChI=1S/C14H26N2O/c1-14(2)11(15)9-12(14)16-13(17)8-10-6-4-3-5-7-10/h10-12H,3-9,15H2,1-2H3,(H,16,17). The van der Waals surface area contributed by atoms with Crippen molar-refractivity contribution in [2.45, 2.75) is 70.9 Å². The van der Waals surface area contributed by atoms with Gasteiger partial charge in [-0.3, -0.25) is 4.79 Å². The number of hydrogen-bond donors (Lipinski definition) is 2. The Hall–Kier alpha value is -0.570. The molecule has 17 heavy (non-hydrogen) atoms. The van der Waals surface area contributed by atoms with Gasteiger partial charge in [0.1, 0.15) is 0 Å². The highest BCUT2D eigenvalue weighted by molar-refractivity contribution is 5.76. The van der Waals surface area contributed by atoms with Crippen molar-refractivity contribution >= 4 is 5.91 Å². The summed E-state index contributed by atoms with van der Waals surface area (Å²) in [5.41, 5.74) is 6.03. The van der Waals surface area contributed by atoms with E-state index in [9.17, 15) is 4.79 Å². The third kappa shape index (κ3) is 2.82. The molecule has 98 valence electrons. The molecule has 3 heteroatoms. The lowest BCUT2D eigenvalue weighted by atomic mass is 9.63. The van der Waals surface area contributed by atoms with Crippen LogP contribution >= 0.6 is 0 Å². The number of amides is 1. The molecule has 2 rings (SSSR count). The summed E-state index contributed by atoms with van der Waals surface area (Å²) in [5, 5.41) is 3.17. The van der Waals surface area contributed by atoms with Crippen LogP contribution in [0.25, 0.3) is 0 Å². The third-order valence-electron chi connectivity index (χ3n) is 4.88. The second-order valence-corrected chi connectivity index (χ2v) is 6.49. The molecule has 0 heterocycles. The van der Waals surface area contributed by atoms with Gasteiger partial charge in [-0.05, 0) is 25.2 Å². The van der Waals surface area contributed by atoms with Crippen molar-refractivity contribution in [3.63, 3.8) is 0 Å². The molecule has 2 fully saturated rings. The predicted molar refractivity (Wildman–Crippen MR) is 69.5 cm³/mol. The molecule has 0 radical (unpaired) electrons. The molecule has 0 aromatic carbocycles. The van der Waals surface area contributed by atoms with Crippen LogP contribution in [0.15, 0.2) is 0 Å².